The third-order valence-corrected chi connectivity index (χ3v) is 4.67. The molecule has 0 bridgehead atoms. The van der Waals surface area contributed by atoms with Crippen molar-refractivity contribution < 1.29 is 4.79 Å². The van der Waals surface area contributed by atoms with Crippen molar-refractivity contribution in [2.45, 2.75) is 0 Å². The van der Waals surface area contributed by atoms with Crippen LogP contribution in [-0.4, -0.2) is 25.4 Å². The molecule has 0 saturated carbocycles. The van der Waals surface area contributed by atoms with E-state index in [0.717, 1.165) is 0 Å². The van der Waals surface area contributed by atoms with Crippen molar-refractivity contribution in [3.05, 3.63) is 63.0 Å². The summed E-state index contributed by atoms with van der Waals surface area (Å²) in [6.45, 7) is 0. The van der Waals surface area contributed by atoms with E-state index in [1.807, 2.05) is 11.4 Å². The number of imidazole rings is 1. The fourth-order valence-electron chi connectivity index (χ4n) is 2.52. The van der Waals surface area contributed by atoms with Crippen LogP contribution < -0.4 is 11.4 Å². The number of aromatic nitrogens is 4. The van der Waals surface area contributed by atoms with Crippen molar-refractivity contribution in [3.63, 3.8) is 0 Å². The van der Waals surface area contributed by atoms with Crippen LogP contribution in [0.4, 0.5) is 0 Å². The first kappa shape index (κ1) is 15.6. The molecule has 7 nitrogen and oxygen atoms in total. The molecular weight excluding hydrogens is 362 g/mol. The smallest absolute Gasteiger partial charge is 0.333 e. The van der Waals surface area contributed by atoms with Crippen molar-refractivity contribution in [3.8, 4) is 16.4 Å². The van der Waals surface area contributed by atoms with E-state index in [2.05, 4.69) is 15.0 Å². The number of nitrogens with one attached hydrogen (secondary N) is 1. The standard InChI is InChI=1S/C16H10ClN5O2S/c17-9-4-1-3-8(7-9)14-19-11(13(18)23)12-15(21-14)22(16(24)20-12)10-5-2-6-25-10/h1-7H,(H2,18,23)(H,20,24). The van der Waals surface area contributed by atoms with Gasteiger partial charge in [-0.2, -0.15) is 0 Å². The first-order valence-corrected chi connectivity index (χ1v) is 8.43. The summed E-state index contributed by atoms with van der Waals surface area (Å²) in [5.41, 5.74) is 6.09. The summed E-state index contributed by atoms with van der Waals surface area (Å²) >= 11 is 7.40. The van der Waals surface area contributed by atoms with Crippen LogP contribution >= 0.6 is 22.9 Å². The molecule has 4 rings (SSSR count). The highest BCUT2D eigenvalue weighted by atomic mass is 35.5. The Hall–Kier alpha value is -2.97. The molecule has 0 aliphatic heterocycles. The molecule has 124 valence electrons. The lowest BCUT2D eigenvalue weighted by molar-refractivity contribution is 0.0997. The van der Waals surface area contributed by atoms with Gasteiger partial charge in [-0.25, -0.2) is 19.3 Å². The number of rotatable bonds is 3. The van der Waals surface area contributed by atoms with Crippen molar-refractivity contribution in [1.82, 2.24) is 19.5 Å². The molecular formula is C16H10ClN5O2S. The Bertz CT molecular complexity index is 1160. The van der Waals surface area contributed by atoms with Crippen molar-refractivity contribution in [2.24, 2.45) is 5.73 Å². The van der Waals surface area contributed by atoms with Crippen LogP contribution in [0.15, 0.2) is 46.6 Å². The number of aromatic amines is 1. The number of nitrogens with zero attached hydrogens (tertiary/aromatic N) is 3. The molecule has 25 heavy (non-hydrogen) atoms. The number of hydrogen-bond acceptors (Lipinski definition) is 5. The summed E-state index contributed by atoms with van der Waals surface area (Å²) in [7, 11) is 0. The number of halogens is 1. The van der Waals surface area contributed by atoms with E-state index in [4.69, 9.17) is 17.3 Å². The Kier molecular flexibility index (Phi) is 3.63. The molecule has 3 N–H and O–H groups in total. The second-order valence-electron chi connectivity index (χ2n) is 5.19. The van der Waals surface area contributed by atoms with Gasteiger partial charge in [0.1, 0.15) is 10.5 Å². The third kappa shape index (κ3) is 2.61. The van der Waals surface area contributed by atoms with Gasteiger partial charge in [0.05, 0.1) is 0 Å². The predicted molar refractivity (Wildman–Crippen MR) is 96.3 cm³/mol. The Morgan fingerprint density at radius 1 is 1.24 bits per heavy atom. The third-order valence-electron chi connectivity index (χ3n) is 3.58. The Morgan fingerprint density at radius 2 is 2.08 bits per heavy atom. The van der Waals surface area contributed by atoms with Crippen molar-refractivity contribution in [1.29, 1.82) is 0 Å². The Morgan fingerprint density at radius 3 is 2.76 bits per heavy atom. The van der Waals surface area contributed by atoms with Crippen molar-refractivity contribution in [2.75, 3.05) is 0 Å². The predicted octanol–water partition coefficient (Wildman–Crippen LogP) is 2.59. The van der Waals surface area contributed by atoms with Gasteiger partial charge in [0.2, 0.25) is 0 Å². The van der Waals surface area contributed by atoms with Gasteiger partial charge < -0.3 is 10.7 Å². The number of hydrogen-bond donors (Lipinski definition) is 2. The zero-order valence-corrected chi connectivity index (χ0v) is 14.1. The molecule has 0 unspecified atom stereocenters. The van der Waals surface area contributed by atoms with Gasteiger partial charge in [0.15, 0.2) is 17.2 Å². The van der Waals surface area contributed by atoms with Gasteiger partial charge in [-0.1, -0.05) is 23.7 Å². The average Bonchev–Trinajstić information content (AvgIpc) is 3.20. The number of carbonyl (C=O) groups is 1. The average molecular weight is 372 g/mol. The van der Waals surface area contributed by atoms with E-state index >= 15 is 0 Å². The molecule has 0 radical (unpaired) electrons. The molecule has 0 saturated heterocycles. The fraction of sp³-hybridized carbons (Fsp3) is 0. The molecule has 0 atom stereocenters. The van der Waals surface area contributed by atoms with Crippen LogP contribution in [0.3, 0.4) is 0 Å². The summed E-state index contributed by atoms with van der Waals surface area (Å²) < 4.78 is 1.39. The normalized spacial score (nSPS) is 11.1. The summed E-state index contributed by atoms with van der Waals surface area (Å²) in [5, 5.41) is 3.02. The lowest BCUT2D eigenvalue weighted by Crippen LogP contribution is -2.15. The number of primary amides is 1. The quantitative estimate of drug-likeness (QED) is 0.577. The molecule has 1 aromatic carbocycles. The maximum Gasteiger partial charge on any atom is 0.333 e. The number of fused-ring (bicyclic) bond motifs is 1. The van der Waals surface area contributed by atoms with E-state index < -0.39 is 11.6 Å². The summed E-state index contributed by atoms with van der Waals surface area (Å²) in [5.74, 6) is -0.497. The van der Waals surface area contributed by atoms with E-state index in [1.165, 1.54) is 15.9 Å². The molecule has 3 heterocycles. The molecule has 4 aromatic rings. The minimum atomic E-state index is -0.754. The van der Waals surface area contributed by atoms with Crippen LogP contribution in [0.2, 0.25) is 5.02 Å². The SMILES string of the molecule is NC(=O)c1nc(-c2cccc(Cl)c2)nc2c1[nH]c(=O)n2-c1cccs1. The zero-order chi connectivity index (χ0) is 17.6. The number of thiophene rings is 1. The van der Waals surface area contributed by atoms with Crippen LogP contribution in [0.5, 0.6) is 0 Å². The second-order valence-corrected chi connectivity index (χ2v) is 6.55. The van der Waals surface area contributed by atoms with Crippen molar-refractivity contribution >= 4 is 40.0 Å². The number of benzene rings is 1. The highest BCUT2D eigenvalue weighted by Gasteiger charge is 2.20. The number of carbonyl (C=O) groups excluding carboxylic acids is 1. The van der Waals surface area contributed by atoms with E-state index in [9.17, 15) is 9.59 Å². The maximum atomic E-state index is 12.4. The number of nitrogens with two attached hydrogens (primary N) is 1. The zero-order valence-electron chi connectivity index (χ0n) is 12.6. The molecule has 0 fully saturated rings. The lowest BCUT2D eigenvalue weighted by atomic mass is 10.2. The maximum absolute atomic E-state index is 12.4. The first-order valence-electron chi connectivity index (χ1n) is 7.17. The molecule has 0 aliphatic carbocycles. The van der Waals surface area contributed by atoms with Gasteiger partial charge in [0.25, 0.3) is 5.91 Å². The van der Waals surface area contributed by atoms with Crippen LogP contribution in [-0.2, 0) is 0 Å². The highest BCUT2D eigenvalue weighted by Crippen LogP contribution is 2.24. The van der Waals surface area contributed by atoms with Crippen LogP contribution in [0.1, 0.15) is 10.5 Å². The van der Waals surface area contributed by atoms with Gasteiger partial charge in [-0.3, -0.25) is 4.79 Å². The molecule has 0 spiro atoms. The summed E-state index contributed by atoms with van der Waals surface area (Å²) in [6, 6.07) is 10.5. The van der Waals surface area contributed by atoms with Gasteiger partial charge >= 0.3 is 5.69 Å². The first-order chi connectivity index (χ1) is 12.0. The Labute approximate surface area is 149 Å². The summed E-state index contributed by atoms with van der Waals surface area (Å²) in [4.78, 5) is 35.5. The molecule has 0 aliphatic rings. The number of amides is 1. The topological polar surface area (TPSA) is 107 Å². The highest BCUT2D eigenvalue weighted by molar-refractivity contribution is 7.12. The lowest BCUT2D eigenvalue weighted by Gasteiger charge is -2.05. The van der Waals surface area contributed by atoms with Gasteiger partial charge in [-0.15, -0.1) is 11.3 Å². The van der Waals surface area contributed by atoms with Crippen LogP contribution in [0, 0.1) is 0 Å². The largest absolute Gasteiger partial charge is 0.364 e. The molecule has 3 aromatic heterocycles. The van der Waals surface area contributed by atoms with E-state index in [-0.39, 0.29) is 22.7 Å². The van der Waals surface area contributed by atoms with Gasteiger partial charge in [0, 0.05) is 10.6 Å². The monoisotopic (exact) mass is 371 g/mol. The molecule has 1 amide bonds. The minimum absolute atomic E-state index is 0.0487. The van der Waals surface area contributed by atoms with E-state index in [1.54, 1.807) is 30.3 Å². The Balaban J connectivity index is 2.08. The molecule has 9 heteroatoms. The van der Waals surface area contributed by atoms with E-state index in [0.29, 0.717) is 15.6 Å². The summed E-state index contributed by atoms with van der Waals surface area (Å²) in [6.07, 6.45) is 0. The second kappa shape index (κ2) is 5.83. The fourth-order valence-corrected chi connectivity index (χ4v) is 3.44. The van der Waals surface area contributed by atoms with Gasteiger partial charge in [-0.05, 0) is 29.6 Å². The minimum Gasteiger partial charge on any atom is -0.364 e. The number of H-pyrrole nitrogens is 1. The van der Waals surface area contributed by atoms with Crippen LogP contribution in [0.25, 0.3) is 27.6 Å².